The number of sulfone groups is 1. The number of hydrogen-bond acceptors (Lipinski definition) is 18. The Bertz CT molecular complexity index is 3150. The monoisotopic (exact) mass is 1200 g/mol. The van der Waals surface area contributed by atoms with Gasteiger partial charge in [-0.3, -0.25) is 24.1 Å². The number of carbonyl (C=O) groups is 4. The van der Waals surface area contributed by atoms with Crippen molar-refractivity contribution in [1.82, 2.24) is 40.3 Å². The molecule has 3 aliphatic rings. The summed E-state index contributed by atoms with van der Waals surface area (Å²) in [6.07, 6.45) is 2.87. The van der Waals surface area contributed by atoms with Crippen LogP contribution in [-0.4, -0.2) is 176 Å². The molecule has 448 valence electrons. The van der Waals surface area contributed by atoms with Crippen LogP contribution >= 0.6 is 22.9 Å². The van der Waals surface area contributed by atoms with Gasteiger partial charge in [-0.15, -0.1) is 11.3 Å². The van der Waals surface area contributed by atoms with Gasteiger partial charge in [0.25, 0.3) is 0 Å². The molecule has 0 aliphatic carbocycles. The van der Waals surface area contributed by atoms with Crippen LogP contribution in [0.1, 0.15) is 78.0 Å². The lowest BCUT2D eigenvalue weighted by Gasteiger charge is -2.43. The lowest BCUT2D eigenvalue weighted by molar-refractivity contribution is -0.144. The number of thiazole rings is 1. The number of anilines is 5. The Morgan fingerprint density at radius 1 is 0.867 bits per heavy atom. The standard InChI is InChI=1S/C59H78ClN11O10S2/c1-38(2)83(77,78)50-11-9-8-10-47(50)64-55-45(60)35-62-58(67-55)65-46-17-16-43(32-49(46)79-7)68-22-18-42(19-23-68)69-24-26-70(27-25-69)52(74)21-29-81-31-30-80-28-20-51(73)66-54(59(4,5)6)57(76)71-36-44(72)33-48(71)56(75)61-34-40-12-14-41(15-13-40)53-39(3)63-37-82-53/h8-17,32,35,37-38,42,44,48,54,72H,18-31,33-34,36H2,1-7H3,(H,61,75)(H,66,73)(H2,62,64,65,67)/t44-,48+,54?/m1/s1. The summed E-state index contributed by atoms with van der Waals surface area (Å²) >= 11 is 8.05. The molecule has 5 N–H and O–H groups in total. The molecule has 3 aliphatic heterocycles. The number of aliphatic hydroxyl groups is 1. The largest absolute Gasteiger partial charge is 0.494 e. The zero-order chi connectivity index (χ0) is 59.4. The van der Waals surface area contributed by atoms with Gasteiger partial charge in [-0.2, -0.15) is 4.98 Å². The molecule has 3 aromatic carbocycles. The number of aromatic nitrogens is 3. The third-order valence-electron chi connectivity index (χ3n) is 15.3. The number of methoxy groups -OCH3 is 1. The summed E-state index contributed by atoms with van der Waals surface area (Å²) in [6, 6.07) is 19.0. The number of nitrogens with zero attached hydrogens (tertiary/aromatic N) is 7. The van der Waals surface area contributed by atoms with Crippen LogP contribution in [0.2, 0.25) is 5.02 Å². The van der Waals surface area contributed by atoms with E-state index in [0.29, 0.717) is 36.3 Å². The lowest BCUT2D eigenvalue weighted by atomic mass is 9.85. The molecule has 1 unspecified atom stereocenters. The molecule has 5 aromatic rings. The molecule has 5 heterocycles. The number of piperazine rings is 1. The van der Waals surface area contributed by atoms with Gasteiger partial charge in [0.15, 0.2) is 15.7 Å². The van der Waals surface area contributed by atoms with Crippen molar-refractivity contribution in [2.45, 2.75) is 115 Å². The number of rotatable bonds is 24. The first-order chi connectivity index (χ1) is 39.7. The van der Waals surface area contributed by atoms with Gasteiger partial charge in [0, 0.05) is 83.0 Å². The summed E-state index contributed by atoms with van der Waals surface area (Å²) in [4.78, 5) is 76.4. The third kappa shape index (κ3) is 16.2. The minimum absolute atomic E-state index is 0.00105. The highest BCUT2D eigenvalue weighted by Gasteiger charge is 2.44. The van der Waals surface area contributed by atoms with Crippen molar-refractivity contribution in [1.29, 1.82) is 0 Å². The minimum atomic E-state index is -3.59. The Morgan fingerprint density at radius 2 is 1.57 bits per heavy atom. The van der Waals surface area contributed by atoms with Crippen LogP contribution in [0.15, 0.2) is 83.3 Å². The molecule has 0 spiro atoms. The number of para-hydroxylation sites is 1. The van der Waals surface area contributed by atoms with E-state index in [4.69, 9.17) is 25.8 Å². The van der Waals surface area contributed by atoms with Gasteiger partial charge >= 0.3 is 0 Å². The summed E-state index contributed by atoms with van der Waals surface area (Å²) in [5, 5.41) is 22.3. The summed E-state index contributed by atoms with van der Waals surface area (Å²) in [7, 11) is -1.98. The highest BCUT2D eigenvalue weighted by Crippen LogP contribution is 2.36. The second-order valence-electron chi connectivity index (χ2n) is 22.4. The average molecular weight is 1200 g/mol. The van der Waals surface area contributed by atoms with Gasteiger partial charge in [-0.05, 0) is 74.4 Å². The van der Waals surface area contributed by atoms with Gasteiger partial charge in [0.2, 0.25) is 29.6 Å². The molecule has 3 saturated heterocycles. The summed E-state index contributed by atoms with van der Waals surface area (Å²) in [6.45, 7) is 16.4. The minimum Gasteiger partial charge on any atom is -0.494 e. The fourth-order valence-electron chi connectivity index (χ4n) is 10.5. The summed E-state index contributed by atoms with van der Waals surface area (Å²) < 4.78 is 43.3. The van der Waals surface area contributed by atoms with E-state index in [9.17, 15) is 32.7 Å². The Kier molecular flexibility index (Phi) is 21.4. The van der Waals surface area contributed by atoms with Gasteiger partial charge < -0.3 is 55.3 Å². The van der Waals surface area contributed by atoms with E-state index in [1.54, 1.807) is 56.6 Å². The van der Waals surface area contributed by atoms with E-state index < -0.39 is 44.6 Å². The molecule has 0 radical (unpaired) electrons. The smallest absolute Gasteiger partial charge is 0.246 e. The molecule has 21 nitrogen and oxygen atoms in total. The number of ether oxygens (including phenoxy) is 3. The van der Waals surface area contributed by atoms with Crippen LogP contribution in [0, 0.1) is 12.3 Å². The zero-order valence-electron chi connectivity index (χ0n) is 48.4. The van der Waals surface area contributed by atoms with Crippen molar-refractivity contribution < 1.29 is 46.9 Å². The number of benzene rings is 3. The van der Waals surface area contributed by atoms with Gasteiger partial charge in [0.1, 0.15) is 22.9 Å². The van der Waals surface area contributed by atoms with Crippen molar-refractivity contribution in [2.75, 3.05) is 94.9 Å². The van der Waals surface area contributed by atoms with Crippen LogP contribution in [0.4, 0.5) is 28.8 Å². The molecule has 4 amide bonds. The van der Waals surface area contributed by atoms with E-state index in [0.717, 1.165) is 66.4 Å². The van der Waals surface area contributed by atoms with Crippen LogP contribution in [0.5, 0.6) is 5.75 Å². The van der Waals surface area contributed by atoms with Crippen LogP contribution in [-0.2, 0) is 45.0 Å². The Hall–Kier alpha value is -6.47. The first-order valence-corrected chi connectivity index (χ1v) is 31.0. The number of β-amino-alcohol motifs (C(OH)–C–C–N with tert-alkyl or cyclic N) is 1. The summed E-state index contributed by atoms with van der Waals surface area (Å²) in [5.74, 6) is -0.0577. The van der Waals surface area contributed by atoms with Crippen LogP contribution < -0.4 is 30.9 Å². The van der Waals surface area contributed by atoms with Crippen molar-refractivity contribution in [3.05, 3.63) is 94.7 Å². The van der Waals surface area contributed by atoms with Crippen LogP contribution in [0.25, 0.3) is 10.4 Å². The molecule has 83 heavy (non-hydrogen) atoms. The maximum Gasteiger partial charge on any atom is 0.246 e. The van der Waals surface area contributed by atoms with E-state index >= 15 is 0 Å². The zero-order valence-corrected chi connectivity index (χ0v) is 50.7. The van der Waals surface area contributed by atoms with E-state index in [1.807, 2.05) is 80.6 Å². The van der Waals surface area contributed by atoms with Gasteiger partial charge in [-0.1, -0.05) is 68.8 Å². The number of carbonyl (C=O) groups excluding carboxylic acids is 4. The summed E-state index contributed by atoms with van der Waals surface area (Å²) in [5.41, 5.74) is 6.03. The molecule has 3 fully saturated rings. The predicted molar refractivity (Wildman–Crippen MR) is 321 cm³/mol. The number of likely N-dealkylation sites (tertiary alicyclic amines) is 1. The molecular formula is C59H78ClN11O10S2. The predicted octanol–water partition coefficient (Wildman–Crippen LogP) is 6.98. The number of piperidine rings is 1. The topological polar surface area (TPSA) is 250 Å². The highest BCUT2D eigenvalue weighted by atomic mass is 35.5. The molecule has 0 bridgehead atoms. The molecule has 8 rings (SSSR count). The third-order valence-corrected chi connectivity index (χ3v) is 18.7. The van der Waals surface area contributed by atoms with E-state index in [2.05, 4.69) is 46.0 Å². The fraction of sp³-hybridized carbons (Fsp3) is 0.508. The quantitative estimate of drug-likeness (QED) is 0.0391. The first kappa shape index (κ1) is 62.6. The lowest BCUT2D eigenvalue weighted by Crippen LogP contribution is -2.57. The highest BCUT2D eigenvalue weighted by molar-refractivity contribution is 7.92. The SMILES string of the molecule is COc1cc(N2CCC(N3CCN(C(=O)CCOCCOCCC(=O)NC(C(=O)N4C[C@H](O)C[C@H]4C(=O)NCc4ccc(-c5scnc5C)cc4)C(C)(C)C)CC3)CC2)ccc1Nc1ncc(Cl)c(Nc2ccccc2S(=O)(=O)C(C)C)n1. The number of amides is 4. The molecule has 2 aromatic heterocycles. The van der Waals surface area contributed by atoms with E-state index in [1.165, 1.54) is 11.1 Å². The van der Waals surface area contributed by atoms with Gasteiger partial charge in [-0.25, -0.2) is 18.4 Å². The Morgan fingerprint density at radius 3 is 2.23 bits per heavy atom. The van der Waals surface area contributed by atoms with Crippen molar-refractivity contribution in [3.8, 4) is 16.2 Å². The Labute approximate surface area is 495 Å². The molecule has 24 heteroatoms. The normalized spacial score (nSPS) is 17.6. The molecular weight excluding hydrogens is 1120 g/mol. The molecule has 3 atom stereocenters. The Balaban J connectivity index is 0.698. The maximum absolute atomic E-state index is 14.0. The maximum atomic E-state index is 14.0. The van der Waals surface area contributed by atoms with Crippen molar-refractivity contribution in [3.63, 3.8) is 0 Å². The number of aliphatic hydroxyl groups excluding tert-OH is 1. The number of nitrogens with one attached hydrogen (secondary N) is 4. The van der Waals surface area contributed by atoms with Crippen LogP contribution in [0.3, 0.4) is 0 Å². The number of hydrogen-bond donors (Lipinski definition) is 5. The fourth-order valence-corrected chi connectivity index (χ4v) is 12.6. The van der Waals surface area contributed by atoms with Crippen molar-refractivity contribution in [2.24, 2.45) is 5.41 Å². The first-order valence-electron chi connectivity index (χ1n) is 28.2. The second kappa shape index (κ2) is 28.4. The average Bonchev–Trinajstić information content (AvgIpc) is 4.29. The number of aryl methyl sites for hydroxylation is 1. The number of halogens is 1. The van der Waals surface area contributed by atoms with E-state index in [-0.39, 0.29) is 98.2 Å². The van der Waals surface area contributed by atoms with Crippen molar-refractivity contribution >= 4 is 85.2 Å². The van der Waals surface area contributed by atoms with Gasteiger partial charge in [0.05, 0.1) is 89.9 Å². The molecule has 0 saturated carbocycles. The second-order valence-corrected chi connectivity index (χ2v) is 26.2.